The van der Waals surface area contributed by atoms with Crippen LogP contribution in [0.1, 0.15) is 227 Å². The number of amides is 1. The van der Waals surface area contributed by atoms with Crippen LogP contribution in [0.25, 0.3) is 0 Å². The zero-order valence-electron chi connectivity index (χ0n) is 34.3. The Labute approximate surface area is 307 Å². The summed E-state index contributed by atoms with van der Waals surface area (Å²) >= 11 is 0. The molecule has 0 radical (unpaired) electrons. The van der Waals surface area contributed by atoms with E-state index in [-0.39, 0.29) is 17.9 Å². The monoisotopic (exact) mass is 693 g/mol. The quantitative estimate of drug-likeness (QED) is 0.0477. The smallest absolute Gasteiger partial charge is 0.307 e. The third-order valence-corrected chi connectivity index (χ3v) is 10.5. The molecule has 0 aliphatic carbocycles. The van der Waals surface area contributed by atoms with Gasteiger partial charge in [-0.3, -0.25) is 9.59 Å². The molecule has 0 aromatic rings. The summed E-state index contributed by atoms with van der Waals surface area (Å²) in [7, 11) is 4.20. The number of carbonyl (C=O) groups excluding carboxylic acids is 2. The van der Waals surface area contributed by atoms with Crippen molar-refractivity contribution in [1.82, 2.24) is 9.80 Å². The Morgan fingerprint density at radius 3 is 1.43 bits per heavy atom. The molecule has 0 saturated heterocycles. The van der Waals surface area contributed by atoms with E-state index < -0.39 is 0 Å². The minimum Gasteiger partial charge on any atom is -0.466 e. The number of nitrogens with zero attached hydrogens (tertiary/aromatic N) is 2. The number of hydrogen-bond donors (Lipinski definition) is 0. The highest BCUT2D eigenvalue weighted by molar-refractivity contribution is 5.78. The molecule has 5 nitrogen and oxygen atoms in total. The van der Waals surface area contributed by atoms with Crippen molar-refractivity contribution in [1.29, 1.82) is 0 Å². The van der Waals surface area contributed by atoms with Crippen LogP contribution in [0, 0.1) is 5.92 Å². The number of carbonyl (C=O) groups is 2. The lowest BCUT2D eigenvalue weighted by Gasteiger charge is -2.32. The van der Waals surface area contributed by atoms with Crippen molar-refractivity contribution in [2.24, 2.45) is 5.92 Å². The first-order chi connectivity index (χ1) is 23.9. The minimum atomic E-state index is -0.0926. The van der Waals surface area contributed by atoms with Crippen molar-refractivity contribution < 1.29 is 14.3 Å². The van der Waals surface area contributed by atoms with Crippen molar-refractivity contribution in [3.63, 3.8) is 0 Å². The molecule has 292 valence electrons. The van der Waals surface area contributed by atoms with Gasteiger partial charge in [-0.2, -0.15) is 0 Å². The Hall–Kier alpha value is -1.10. The van der Waals surface area contributed by atoms with E-state index in [1.54, 1.807) is 0 Å². The average Bonchev–Trinajstić information content (AvgIpc) is 3.08. The standard InChI is InChI=1S/C44H88N2O3/c1-7-11-15-19-21-23-25-30-38-46(43(47)35-29-31-37-45(5)6)42(34-28-24-22-20-16-12-8-2)40-44(48)49-39-36-41(32-26-17-13-9-3)33-27-18-14-10-4/h41-42H,7-40H2,1-6H3. The summed E-state index contributed by atoms with van der Waals surface area (Å²) in [5.41, 5.74) is 0. The Bertz CT molecular complexity index is 700. The zero-order chi connectivity index (χ0) is 36.2. The first-order valence-corrected chi connectivity index (χ1v) is 22.0. The first kappa shape index (κ1) is 47.9. The molecule has 1 amide bonds. The molecule has 1 unspecified atom stereocenters. The fourth-order valence-corrected chi connectivity index (χ4v) is 7.22. The molecule has 1 atom stereocenters. The summed E-state index contributed by atoms with van der Waals surface area (Å²) in [6, 6.07) is -0.0343. The molecule has 0 aliphatic heterocycles. The van der Waals surface area contributed by atoms with Crippen molar-refractivity contribution >= 4 is 11.9 Å². The fraction of sp³-hybridized carbons (Fsp3) is 0.955. The van der Waals surface area contributed by atoms with Gasteiger partial charge in [-0.25, -0.2) is 0 Å². The molecule has 49 heavy (non-hydrogen) atoms. The molecule has 0 rings (SSSR count). The van der Waals surface area contributed by atoms with E-state index in [1.807, 2.05) is 0 Å². The van der Waals surface area contributed by atoms with Gasteiger partial charge < -0.3 is 14.5 Å². The van der Waals surface area contributed by atoms with Gasteiger partial charge in [-0.15, -0.1) is 0 Å². The van der Waals surface area contributed by atoms with Crippen LogP contribution in [0.5, 0.6) is 0 Å². The molecule has 0 heterocycles. The van der Waals surface area contributed by atoms with Crippen molar-refractivity contribution in [3.8, 4) is 0 Å². The van der Waals surface area contributed by atoms with E-state index in [1.165, 1.54) is 148 Å². The van der Waals surface area contributed by atoms with E-state index >= 15 is 0 Å². The van der Waals surface area contributed by atoms with Crippen molar-refractivity contribution in [2.45, 2.75) is 233 Å². The Morgan fingerprint density at radius 2 is 0.918 bits per heavy atom. The van der Waals surface area contributed by atoms with Crippen molar-refractivity contribution in [2.75, 3.05) is 33.8 Å². The van der Waals surface area contributed by atoms with Gasteiger partial charge in [0.25, 0.3) is 0 Å². The van der Waals surface area contributed by atoms with Gasteiger partial charge in [-0.05, 0) is 58.7 Å². The molecule has 0 spiro atoms. The average molecular weight is 693 g/mol. The maximum Gasteiger partial charge on any atom is 0.307 e. The highest BCUT2D eigenvalue weighted by atomic mass is 16.5. The molecule has 0 aromatic carbocycles. The molecule has 0 aromatic heterocycles. The molecular formula is C44H88N2O3. The summed E-state index contributed by atoms with van der Waals surface area (Å²) in [4.78, 5) is 31.6. The number of ether oxygens (including phenoxy) is 1. The lowest BCUT2D eigenvalue weighted by Crippen LogP contribution is -2.42. The number of esters is 1. The minimum absolute atomic E-state index is 0.0343. The van der Waals surface area contributed by atoms with E-state index in [9.17, 15) is 9.59 Å². The van der Waals surface area contributed by atoms with Crippen LogP contribution >= 0.6 is 0 Å². The van der Waals surface area contributed by atoms with E-state index in [0.29, 0.717) is 25.4 Å². The van der Waals surface area contributed by atoms with Crippen LogP contribution in [-0.4, -0.2) is 61.5 Å². The van der Waals surface area contributed by atoms with Crippen LogP contribution in [0.15, 0.2) is 0 Å². The third-order valence-electron chi connectivity index (χ3n) is 10.5. The lowest BCUT2D eigenvalue weighted by atomic mass is 9.92. The lowest BCUT2D eigenvalue weighted by molar-refractivity contribution is -0.147. The first-order valence-electron chi connectivity index (χ1n) is 22.0. The molecule has 5 heteroatoms. The predicted molar refractivity (Wildman–Crippen MR) is 214 cm³/mol. The van der Waals surface area contributed by atoms with Gasteiger partial charge in [0.15, 0.2) is 0 Å². The van der Waals surface area contributed by atoms with Crippen LogP contribution in [0.4, 0.5) is 0 Å². The molecule has 0 saturated carbocycles. The molecular weight excluding hydrogens is 604 g/mol. The number of unbranched alkanes of at least 4 members (excludes halogenated alkanes) is 20. The fourth-order valence-electron chi connectivity index (χ4n) is 7.22. The van der Waals surface area contributed by atoms with Crippen molar-refractivity contribution in [3.05, 3.63) is 0 Å². The van der Waals surface area contributed by atoms with Gasteiger partial charge >= 0.3 is 5.97 Å². The highest BCUT2D eigenvalue weighted by Gasteiger charge is 2.26. The third kappa shape index (κ3) is 31.4. The normalized spacial score (nSPS) is 12.2. The Kier molecular flexibility index (Phi) is 35.9. The molecule has 0 N–H and O–H groups in total. The SMILES string of the molecule is CCCCCCCCCCN(C(=O)CCCCN(C)C)C(CCCCCCCCC)CC(=O)OCCC(CCCCCC)CCCCCC. The molecule has 0 aliphatic rings. The topological polar surface area (TPSA) is 49.9 Å². The van der Waals surface area contributed by atoms with Gasteiger partial charge in [0, 0.05) is 19.0 Å². The summed E-state index contributed by atoms with van der Waals surface area (Å²) in [6.07, 6.45) is 36.5. The van der Waals surface area contributed by atoms with E-state index in [2.05, 4.69) is 51.6 Å². The molecule has 0 fully saturated rings. The van der Waals surface area contributed by atoms with Gasteiger partial charge in [-0.1, -0.05) is 182 Å². The van der Waals surface area contributed by atoms with E-state index in [0.717, 1.165) is 51.6 Å². The Balaban J connectivity index is 5.39. The summed E-state index contributed by atoms with van der Waals surface area (Å²) in [5.74, 6) is 0.818. The number of hydrogen-bond acceptors (Lipinski definition) is 4. The maximum atomic E-state index is 13.8. The Morgan fingerprint density at radius 1 is 0.490 bits per heavy atom. The number of rotatable bonds is 38. The summed E-state index contributed by atoms with van der Waals surface area (Å²) in [5, 5.41) is 0. The predicted octanol–water partition coefficient (Wildman–Crippen LogP) is 13.1. The maximum absolute atomic E-state index is 13.8. The summed E-state index contributed by atoms with van der Waals surface area (Å²) < 4.78 is 5.99. The van der Waals surface area contributed by atoms with Crippen LogP contribution in [-0.2, 0) is 14.3 Å². The van der Waals surface area contributed by atoms with Gasteiger partial charge in [0.05, 0.1) is 13.0 Å². The van der Waals surface area contributed by atoms with Crippen LogP contribution < -0.4 is 0 Å². The highest BCUT2D eigenvalue weighted by Crippen LogP contribution is 2.23. The van der Waals surface area contributed by atoms with Crippen LogP contribution in [0.2, 0.25) is 0 Å². The summed E-state index contributed by atoms with van der Waals surface area (Å²) in [6.45, 7) is 11.4. The second-order valence-corrected chi connectivity index (χ2v) is 15.7. The molecule has 0 bridgehead atoms. The second-order valence-electron chi connectivity index (χ2n) is 15.7. The van der Waals surface area contributed by atoms with E-state index in [4.69, 9.17) is 4.74 Å². The van der Waals surface area contributed by atoms with Gasteiger partial charge in [0.2, 0.25) is 5.91 Å². The second kappa shape index (κ2) is 36.7. The zero-order valence-corrected chi connectivity index (χ0v) is 34.3. The van der Waals surface area contributed by atoms with Crippen LogP contribution in [0.3, 0.4) is 0 Å². The van der Waals surface area contributed by atoms with Gasteiger partial charge in [0.1, 0.15) is 0 Å². The largest absolute Gasteiger partial charge is 0.466 e.